The first kappa shape index (κ1) is 16.4. The summed E-state index contributed by atoms with van der Waals surface area (Å²) in [5.74, 6) is -0.641. The molecular weight excluding hydrogens is 321 g/mol. The van der Waals surface area contributed by atoms with Crippen molar-refractivity contribution in [3.05, 3.63) is 30.1 Å². The molecule has 2 aliphatic rings. The smallest absolute Gasteiger partial charge is 0.246 e. The molecule has 0 bridgehead atoms. The Bertz CT molecular complexity index is 702. The molecule has 23 heavy (non-hydrogen) atoms. The molecule has 1 aromatic carbocycles. The Hall–Kier alpha value is -1.51. The molecule has 0 spiro atoms. The lowest BCUT2D eigenvalue weighted by Gasteiger charge is -2.36. The van der Waals surface area contributed by atoms with Gasteiger partial charge in [-0.15, -0.1) is 0 Å². The van der Waals surface area contributed by atoms with Crippen LogP contribution in [0, 0.1) is 5.82 Å². The largest absolute Gasteiger partial charge is 0.344 e. The van der Waals surface area contributed by atoms with Crippen LogP contribution in [0.1, 0.15) is 6.42 Å². The Labute approximate surface area is 135 Å². The van der Waals surface area contributed by atoms with E-state index in [9.17, 15) is 17.6 Å². The summed E-state index contributed by atoms with van der Waals surface area (Å²) in [7, 11) is -2.05. The molecule has 6 nitrogen and oxygen atoms in total. The van der Waals surface area contributed by atoms with Crippen LogP contribution in [0.25, 0.3) is 0 Å². The number of piperazine rings is 1. The van der Waals surface area contributed by atoms with Gasteiger partial charge in [0.1, 0.15) is 10.7 Å². The van der Waals surface area contributed by atoms with Crippen LogP contribution >= 0.6 is 0 Å². The fraction of sp³-hybridized carbons (Fsp3) is 0.533. The monoisotopic (exact) mass is 341 g/mol. The predicted octanol–water partition coefficient (Wildman–Crippen LogP) is 0.363. The van der Waals surface area contributed by atoms with Crippen molar-refractivity contribution in [2.24, 2.45) is 0 Å². The molecule has 1 amide bonds. The molecule has 8 heteroatoms. The highest BCUT2D eigenvalue weighted by Gasteiger charge is 2.37. The second-order valence-electron chi connectivity index (χ2n) is 5.93. The van der Waals surface area contributed by atoms with Gasteiger partial charge in [-0.3, -0.25) is 9.69 Å². The van der Waals surface area contributed by atoms with Crippen molar-refractivity contribution in [3.8, 4) is 0 Å². The van der Waals surface area contributed by atoms with Crippen LogP contribution in [0.5, 0.6) is 0 Å². The lowest BCUT2D eigenvalue weighted by Crippen LogP contribution is -2.53. The van der Waals surface area contributed by atoms with Gasteiger partial charge in [0.2, 0.25) is 15.9 Å². The SMILES string of the molecule is CN1CCC(N2CCN(S(=O)(=O)c3ccccc3F)CC2)C1=O. The maximum absolute atomic E-state index is 13.8. The number of sulfonamides is 1. The van der Waals surface area contributed by atoms with E-state index in [1.807, 2.05) is 4.90 Å². The number of halogens is 1. The van der Waals surface area contributed by atoms with Crippen LogP contribution in [0.2, 0.25) is 0 Å². The van der Waals surface area contributed by atoms with E-state index in [1.54, 1.807) is 11.9 Å². The molecule has 2 saturated heterocycles. The minimum atomic E-state index is -3.83. The number of carbonyl (C=O) groups excluding carboxylic acids is 1. The minimum Gasteiger partial charge on any atom is -0.344 e. The summed E-state index contributed by atoms with van der Waals surface area (Å²) < 4.78 is 40.2. The number of likely N-dealkylation sites (N-methyl/N-ethyl adjacent to an activating group) is 1. The second kappa shape index (κ2) is 6.18. The van der Waals surface area contributed by atoms with Crippen molar-refractivity contribution >= 4 is 15.9 Å². The van der Waals surface area contributed by atoms with Crippen LogP contribution in [0.15, 0.2) is 29.2 Å². The topological polar surface area (TPSA) is 60.9 Å². The molecule has 1 atom stereocenters. The van der Waals surface area contributed by atoms with Gasteiger partial charge in [0.05, 0.1) is 6.04 Å². The average molecular weight is 341 g/mol. The molecule has 0 N–H and O–H groups in total. The maximum atomic E-state index is 13.8. The molecule has 1 aromatic rings. The van der Waals surface area contributed by atoms with Crippen LogP contribution in [-0.2, 0) is 14.8 Å². The lowest BCUT2D eigenvalue weighted by atomic mass is 10.2. The van der Waals surface area contributed by atoms with E-state index in [-0.39, 0.29) is 29.9 Å². The van der Waals surface area contributed by atoms with E-state index in [1.165, 1.54) is 22.5 Å². The number of carbonyl (C=O) groups is 1. The Morgan fingerprint density at radius 1 is 1.09 bits per heavy atom. The Morgan fingerprint density at radius 3 is 2.30 bits per heavy atom. The third-order valence-corrected chi connectivity index (χ3v) is 6.50. The van der Waals surface area contributed by atoms with Crippen LogP contribution < -0.4 is 0 Å². The van der Waals surface area contributed by atoms with Gasteiger partial charge in [0.25, 0.3) is 0 Å². The zero-order chi connectivity index (χ0) is 16.6. The van der Waals surface area contributed by atoms with E-state index in [2.05, 4.69) is 0 Å². The van der Waals surface area contributed by atoms with E-state index in [0.717, 1.165) is 19.0 Å². The van der Waals surface area contributed by atoms with Crippen LogP contribution in [0.4, 0.5) is 4.39 Å². The van der Waals surface area contributed by atoms with Gasteiger partial charge in [-0.25, -0.2) is 12.8 Å². The molecule has 1 unspecified atom stereocenters. The predicted molar refractivity (Wildman–Crippen MR) is 82.8 cm³/mol. The quantitative estimate of drug-likeness (QED) is 0.797. The minimum absolute atomic E-state index is 0.0930. The summed E-state index contributed by atoms with van der Waals surface area (Å²) in [5, 5.41) is 0. The highest BCUT2D eigenvalue weighted by Crippen LogP contribution is 2.23. The van der Waals surface area contributed by atoms with Gasteiger partial charge in [0, 0.05) is 39.8 Å². The Morgan fingerprint density at radius 2 is 1.74 bits per heavy atom. The van der Waals surface area contributed by atoms with Crippen molar-refractivity contribution in [1.29, 1.82) is 0 Å². The normalized spacial score (nSPS) is 24.3. The number of nitrogens with zero attached hydrogens (tertiary/aromatic N) is 3. The first-order chi connectivity index (χ1) is 10.9. The van der Waals surface area contributed by atoms with Crippen molar-refractivity contribution < 1.29 is 17.6 Å². The highest BCUT2D eigenvalue weighted by molar-refractivity contribution is 7.89. The summed E-state index contributed by atoms with van der Waals surface area (Å²) in [6.45, 7) is 2.24. The Kier molecular flexibility index (Phi) is 4.39. The third kappa shape index (κ3) is 2.98. The summed E-state index contributed by atoms with van der Waals surface area (Å²) in [4.78, 5) is 15.5. The third-order valence-electron chi connectivity index (χ3n) is 4.57. The summed E-state index contributed by atoms with van der Waals surface area (Å²) in [6, 6.07) is 5.26. The molecule has 126 valence electrons. The molecule has 0 aromatic heterocycles. The van der Waals surface area contributed by atoms with Crippen molar-refractivity contribution in [1.82, 2.24) is 14.1 Å². The molecule has 0 saturated carbocycles. The number of amides is 1. The van der Waals surface area contributed by atoms with Gasteiger partial charge in [0.15, 0.2) is 0 Å². The zero-order valence-corrected chi connectivity index (χ0v) is 13.8. The number of likely N-dealkylation sites (tertiary alicyclic amines) is 1. The van der Waals surface area contributed by atoms with Gasteiger partial charge in [-0.1, -0.05) is 12.1 Å². The van der Waals surface area contributed by atoms with Crippen LogP contribution in [0.3, 0.4) is 0 Å². The van der Waals surface area contributed by atoms with Crippen molar-refractivity contribution in [2.45, 2.75) is 17.4 Å². The summed E-state index contributed by atoms with van der Waals surface area (Å²) in [6.07, 6.45) is 0.773. The fourth-order valence-corrected chi connectivity index (χ4v) is 4.68. The highest BCUT2D eigenvalue weighted by atomic mass is 32.2. The molecule has 0 aliphatic carbocycles. The average Bonchev–Trinajstić information content (AvgIpc) is 2.87. The molecule has 0 radical (unpaired) electrons. The summed E-state index contributed by atoms with van der Waals surface area (Å²) in [5.41, 5.74) is 0. The van der Waals surface area contributed by atoms with Crippen molar-refractivity contribution in [3.63, 3.8) is 0 Å². The zero-order valence-electron chi connectivity index (χ0n) is 13.0. The first-order valence-corrected chi connectivity index (χ1v) is 9.09. The number of hydrogen-bond donors (Lipinski definition) is 0. The summed E-state index contributed by atoms with van der Waals surface area (Å²) >= 11 is 0. The standard InChI is InChI=1S/C15H20FN3O3S/c1-17-7-6-13(15(17)20)18-8-10-19(11-9-18)23(21,22)14-5-3-2-4-12(14)16/h2-5,13H,6-11H2,1H3. The molecule has 3 rings (SSSR count). The number of benzene rings is 1. The van der Waals surface area contributed by atoms with E-state index in [4.69, 9.17) is 0 Å². The van der Waals surface area contributed by atoms with Gasteiger partial charge in [-0.2, -0.15) is 4.31 Å². The second-order valence-corrected chi connectivity index (χ2v) is 7.84. The maximum Gasteiger partial charge on any atom is 0.246 e. The number of rotatable bonds is 3. The van der Waals surface area contributed by atoms with Gasteiger partial charge >= 0.3 is 0 Å². The number of hydrogen-bond acceptors (Lipinski definition) is 4. The van der Waals surface area contributed by atoms with E-state index in [0.29, 0.717) is 13.1 Å². The molecule has 2 aliphatic heterocycles. The first-order valence-electron chi connectivity index (χ1n) is 7.65. The van der Waals surface area contributed by atoms with Crippen molar-refractivity contribution in [2.75, 3.05) is 39.8 Å². The van der Waals surface area contributed by atoms with Gasteiger partial charge < -0.3 is 4.90 Å². The van der Waals surface area contributed by atoms with E-state index < -0.39 is 15.8 Å². The molecule has 2 heterocycles. The fourth-order valence-electron chi connectivity index (χ4n) is 3.19. The van der Waals surface area contributed by atoms with Gasteiger partial charge in [-0.05, 0) is 18.6 Å². The molecular formula is C15H20FN3O3S. The van der Waals surface area contributed by atoms with Crippen LogP contribution in [-0.4, -0.2) is 74.2 Å². The Balaban J connectivity index is 1.69. The molecule has 2 fully saturated rings. The van der Waals surface area contributed by atoms with E-state index >= 15 is 0 Å². The lowest BCUT2D eigenvalue weighted by molar-refractivity contribution is -0.131.